The average Bonchev–Trinajstić information content (AvgIpc) is 3.12. The van der Waals surface area contributed by atoms with Gasteiger partial charge in [0.25, 0.3) is 0 Å². The smallest absolute Gasteiger partial charge is 0.237 e. The number of carbonyl (C=O) groups excluding carboxylic acids is 1. The molecule has 2 N–H and O–H groups in total. The van der Waals surface area contributed by atoms with Crippen LogP contribution < -0.4 is 10.6 Å². The Kier molecular flexibility index (Phi) is 5.79. The number of amides is 1. The Bertz CT molecular complexity index is 575. The van der Waals surface area contributed by atoms with Crippen LogP contribution in [0.25, 0.3) is 0 Å². The first-order valence-corrected chi connectivity index (χ1v) is 8.80. The molecule has 1 amide bonds. The molecule has 2 aliphatic rings. The lowest BCUT2D eigenvalue weighted by molar-refractivity contribution is -0.123. The molecule has 2 saturated heterocycles. The van der Waals surface area contributed by atoms with E-state index in [0.717, 1.165) is 51.4 Å². The summed E-state index contributed by atoms with van der Waals surface area (Å²) < 4.78 is 27.1. The van der Waals surface area contributed by atoms with E-state index in [1.165, 1.54) is 0 Å². The molecule has 2 atom stereocenters. The van der Waals surface area contributed by atoms with Gasteiger partial charge in [-0.25, -0.2) is 8.78 Å². The van der Waals surface area contributed by atoms with Crippen molar-refractivity contribution >= 4 is 5.91 Å². The second-order valence-corrected chi connectivity index (χ2v) is 6.85. The molecule has 0 aliphatic carbocycles. The Morgan fingerprint density at radius 2 is 2.17 bits per heavy atom. The van der Waals surface area contributed by atoms with Crippen LogP contribution in [-0.4, -0.2) is 43.0 Å². The van der Waals surface area contributed by atoms with Gasteiger partial charge in [0.05, 0.1) is 6.04 Å². The largest absolute Gasteiger partial charge is 0.354 e. The van der Waals surface area contributed by atoms with Gasteiger partial charge in [-0.2, -0.15) is 0 Å². The number of halogens is 2. The number of likely N-dealkylation sites (tertiary alicyclic amines) is 1. The quantitative estimate of drug-likeness (QED) is 0.864. The molecule has 2 fully saturated rings. The zero-order chi connectivity index (χ0) is 16.9. The maximum atomic E-state index is 13.8. The van der Waals surface area contributed by atoms with Gasteiger partial charge in [0.2, 0.25) is 5.91 Å². The van der Waals surface area contributed by atoms with Crippen LogP contribution in [0.3, 0.4) is 0 Å². The van der Waals surface area contributed by atoms with Crippen LogP contribution in [0.2, 0.25) is 0 Å². The van der Waals surface area contributed by atoms with Gasteiger partial charge < -0.3 is 10.6 Å². The second kappa shape index (κ2) is 8.03. The summed E-state index contributed by atoms with van der Waals surface area (Å²) in [7, 11) is 0. The first-order chi connectivity index (χ1) is 11.6. The summed E-state index contributed by atoms with van der Waals surface area (Å²) in [6.07, 6.45) is 4.02. The summed E-state index contributed by atoms with van der Waals surface area (Å²) in [5, 5.41) is 6.23. The molecule has 0 radical (unpaired) electrons. The van der Waals surface area contributed by atoms with Gasteiger partial charge in [-0.1, -0.05) is 12.1 Å². The van der Waals surface area contributed by atoms with Crippen LogP contribution in [-0.2, 0) is 11.3 Å². The van der Waals surface area contributed by atoms with Gasteiger partial charge >= 0.3 is 0 Å². The van der Waals surface area contributed by atoms with E-state index in [1.54, 1.807) is 12.1 Å². The van der Waals surface area contributed by atoms with E-state index in [0.29, 0.717) is 24.6 Å². The van der Waals surface area contributed by atoms with Gasteiger partial charge in [-0.3, -0.25) is 9.69 Å². The Balaban J connectivity index is 1.49. The molecule has 2 aliphatic heterocycles. The lowest BCUT2D eigenvalue weighted by atomic mass is 9.97. The van der Waals surface area contributed by atoms with E-state index >= 15 is 0 Å². The number of hydrogen-bond donors (Lipinski definition) is 2. The molecule has 2 unspecified atom stereocenters. The van der Waals surface area contributed by atoms with E-state index in [1.807, 2.05) is 0 Å². The molecule has 4 nitrogen and oxygen atoms in total. The number of carbonyl (C=O) groups is 1. The normalized spacial score (nSPS) is 24.9. The lowest BCUT2D eigenvalue weighted by Gasteiger charge is -2.33. The van der Waals surface area contributed by atoms with Crippen LogP contribution in [0.15, 0.2) is 18.2 Å². The highest BCUT2D eigenvalue weighted by Crippen LogP contribution is 2.20. The fourth-order valence-electron chi connectivity index (χ4n) is 3.65. The second-order valence-electron chi connectivity index (χ2n) is 6.85. The molecule has 2 heterocycles. The molecule has 3 rings (SSSR count). The van der Waals surface area contributed by atoms with Crippen molar-refractivity contribution in [2.45, 2.75) is 38.3 Å². The highest BCUT2D eigenvalue weighted by molar-refractivity contribution is 5.81. The molecule has 6 heteroatoms. The molecule has 0 aromatic heterocycles. The van der Waals surface area contributed by atoms with Crippen molar-refractivity contribution in [2.75, 3.05) is 26.2 Å². The minimum Gasteiger partial charge on any atom is -0.354 e. The van der Waals surface area contributed by atoms with Gasteiger partial charge in [0.15, 0.2) is 11.6 Å². The monoisotopic (exact) mass is 337 g/mol. The molecule has 132 valence electrons. The van der Waals surface area contributed by atoms with Crippen molar-refractivity contribution in [1.82, 2.24) is 15.5 Å². The van der Waals surface area contributed by atoms with Crippen molar-refractivity contribution in [1.29, 1.82) is 0 Å². The van der Waals surface area contributed by atoms with E-state index in [2.05, 4.69) is 15.5 Å². The first kappa shape index (κ1) is 17.3. The molecule has 1 aromatic carbocycles. The van der Waals surface area contributed by atoms with Gasteiger partial charge in [0.1, 0.15) is 0 Å². The number of hydrogen-bond acceptors (Lipinski definition) is 3. The molecular weight excluding hydrogens is 312 g/mol. The van der Waals surface area contributed by atoms with E-state index in [-0.39, 0.29) is 11.9 Å². The van der Waals surface area contributed by atoms with Gasteiger partial charge in [-0.05, 0) is 50.8 Å². The third-order valence-corrected chi connectivity index (χ3v) is 4.97. The Labute approximate surface area is 141 Å². The summed E-state index contributed by atoms with van der Waals surface area (Å²) in [5.74, 6) is -1.10. The summed E-state index contributed by atoms with van der Waals surface area (Å²) in [6.45, 7) is 3.66. The third-order valence-electron chi connectivity index (χ3n) is 4.97. The zero-order valence-electron chi connectivity index (χ0n) is 13.9. The average molecular weight is 337 g/mol. The predicted molar refractivity (Wildman–Crippen MR) is 88.4 cm³/mol. The fraction of sp³-hybridized carbons (Fsp3) is 0.611. The third kappa shape index (κ3) is 4.30. The Morgan fingerprint density at radius 1 is 1.29 bits per heavy atom. The fourth-order valence-corrected chi connectivity index (χ4v) is 3.65. The molecule has 0 saturated carbocycles. The molecule has 1 aromatic rings. The summed E-state index contributed by atoms with van der Waals surface area (Å²) >= 11 is 0. The topological polar surface area (TPSA) is 44.4 Å². The van der Waals surface area contributed by atoms with Crippen molar-refractivity contribution in [2.24, 2.45) is 5.92 Å². The highest BCUT2D eigenvalue weighted by Gasteiger charge is 2.25. The van der Waals surface area contributed by atoms with Crippen LogP contribution in [0.4, 0.5) is 8.78 Å². The summed E-state index contributed by atoms with van der Waals surface area (Å²) in [4.78, 5) is 14.2. The van der Waals surface area contributed by atoms with Gasteiger partial charge in [0, 0.05) is 25.2 Å². The van der Waals surface area contributed by atoms with Crippen molar-refractivity contribution < 1.29 is 13.6 Å². The number of piperidine rings is 1. The minimum absolute atomic E-state index is 0.0499. The van der Waals surface area contributed by atoms with Crippen molar-refractivity contribution in [3.8, 4) is 0 Å². The number of benzene rings is 1. The molecule has 24 heavy (non-hydrogen) atoms. The van der Waals surface area contributed by atoms with Gasteiger partial charge in [-0.15, -0.1) is 0 Å². The number of nitrogens with one attached hydrogen (secondary N) is 2. The number of nitrogens with zero attached hydrogens (tertiary/aromatic N) is 1. The van der Waals surface area contributed by atoms with E-state index < -0.39 is 11.6 Å². The predicted octanol–water partition coefficient (Wildman–Crippen LogP) is 2.04. The molecule has 0 bridgehead atoms. The highest BCUT2D eigenvalue weighted by atomic mass is 19.2. The standard InChI is InChI=1S/C18H25F2N3O/c19-15-6-1-5-14(17(15)20)12-23-9-3-4-13(11-23)10-22-18(24)16-7-2-8-21-16/h1,5-6,13,16,21H,2-4,7-12H2,(H,22,24). The van der Waals surface area contributed by atoms with Crippen LogP contribution in [0.5, 0.6) is 0 Å². The van der Waals surface area contributed by atoms with Crippen LogP contribution in [0, 0.1) is 17.6 Å². The zero-order valence-corrected chi connectivity index (χ0v) is 13.9. The molecule has 0 spiro atoms. The SMILES string of the molecule is O=C(NCC1CCCN(Cc2cccc(F)c2F)C1)C1CCCN1. The maximum absolute atomic E-state index is 13.8. The lowest BCUT2D eigenvalue weighted by Crippen LogP contribution is -2.45. The number of rotatable bonds is 5. The van der Waals surface area contributed by atoms with Crippen LogP contribution in [0.1, 0.15) is 31.2 Å². The van der Waals surface area contributed by atoms with Crippen LogP contribution >= 0.6 is 0 Å². The Hall–Kier alpha value is -1.53. The molecular formula is C18H25F2N3O. The van der Waals surface area contributed by atoms with Crippen molar-refractivity contribution in [3.63, 3.8) is 0 Å². The summed E-state index contributed by atoms with van der Waals surface area (Å²) in [6, 6.07) is 4.27. The van der Waals surface area contributed by atoms with E-state index in [9.17, 15) is 13.6 Å². The minimum atomic E-state index is -0.794. The van der Waals surface area contributed by atoms with Crippen molar-refractivity contribution in [3.05, 3.63) is 35.4 Å². The first-order valence-electron chi connectivity index (χ1n) is 8.80. The summed E-state index contributed by atoms with van der Waals surface area (Å²) in [5.41, 5.74) is 0.398. The Morgan fingerprint density at radius 3 is 2.96 bits per heavy atom. The maximum Gasteiger partial charge on any atom is 0.237 e. The van der Waals surface area contributed by atoms with E-state index in [4.69, 9.17) is 0 Å².